The Bertz CT molecular complexity index is 10.4. The quantitative estimate of drug-likeness (QED) is 0.502. The van der Waals surface area contributed by atoms with Gasteiger partial charge >= 0.3 is 86.9 Å². The predicted molar refractivity (Wildman–Crippen MR) is 4.81 cm³/mol. The van der Waals surface area contributed by atoms with Crippen LogP contribution < -0.4 is 0 Å². The predicted octanol–water partition coefficient (Wildman–Crippen LogP) is -0.842. The minimum absolute atomic E-state index is 0. The molecule has 11 heteroatoms. The van der Waals surface area contributed by atoms with E-state index in [1.807, 2.05) is 0 Å². The number of hydrogen-bond acceptors (Lipinski definition) is 0. The molecule has 0 aromatic carbocycles. The molecular formula is O7Ti4-2. The van der Waals surface area contributed by atoms with Gasteiger partial charge in [0.15, 0.2) is 0 Å². The minimum atomic E-state index is 0. The summed E-state index contributed by atoms with van der Waals surface area (Å²) in [6.07, 6.45) is 0. The smallest absolute Gasteiger partial charge is 2.00 e. The Morgan fingerprint density at radius 3 is 0.182 bits per heavy atom. The molecule has 0 N–H and O–H groups in total. The van der Waals surface area contributed by atoms with Crippen molar-refractivity contribution in [1.82, 2.24) is 0 Å². The summed E-state index contributed by atoms with van der Waals surface area (Å²) >= 11 is 0. The molecule has 0 fully saturated rings. The van der Waals surface area contributed by atoms with E-state index in [-0.39, 0.29) is 125 Å². The van der Waals surface area contributed by atoms with Gasteiger partial charge in [-0.15, -0.1) is 0 Å². The Morgan fingerprint density at radius 1 is 0.182 bits per heavy atom. The molecule has 0 spiro atoms. The van der Waals surface area contributed by atoms with Crippen LogP contribution >= 0.6 is 0 Å². The van der Waals surface area contributed by atoms with Gasteiger partial charge in [0.25, 0.3) is 0 Å². The topological polar surface area (TPSA) is 200 Å². The van der Waals surface area contributed by atoms with Crippen molar-refractivity contribution in [1.29, 1.82) is 0 Å². The first-order chi connectivity index (χ1) is 0. The third-order valence-corrected chi connectivity index (χ3v) is 0. The van der Waals surface area contributed by atoms with E-state index in [4.69, 9.17) is 0 Å². The van der Waals surface area contributed by atoms with Crippen molar-refractivity contribution in [2.24, 2.45) is 0 Å². The molecule has 60 valence electrons. The zero-order chi connectivity index (χ0) is 0. The maximum atomic E-state index is 0. The van der Waals surface area contributed by atoms with Gasteiger partial charge in [-0.3, -0.25) is 0 Å². The fourth-order valence-electron chi connectivity index (χ4n) is 0. The Balaban J connectivity index is 0. The van der Waals surface area contributed by atoms with Gasteiger partial charge in [-0.2, -0.15) is 0 Å². The summed E-state index contributed by atoms with van der Waals surface area (Å²) in [6, 6.07) is 0. The second-order valence-electron chi connectivity index (χ2n) is 0. The summed E-state index contributed by atoms with van der Waals surface area (Å²) in [5.41, 5.74) is 0. The molecule has 0 heterocycles. The molecule has 0 aromatic heterocycles. The van der Waals surface area contributed by atoms with Gasteiger partial charge in [0.1, 0.15) is 0 Å². The minimum Gasteiger partial charge on any atom is -2.00 e. The Morgan fingerprint density at radius 2 is 0.182 bits per heavy atom. The molecule has 0 unspecified atom stereocenters. The van der Waals surface area contributed by atoms with Crippen molar-refractivity contribution in [3.63, 3.8) is 0 Å². The van der Waals surface area contributed by atoms with Crippen molar-refractivity contribution >= 4 is 0 Å². The van der Waals surface area contributed by atoms with Crippen LogP contribution in [0.3, 0.4) is 0 Å². The molecule has 0 saturated carbocycles. The van der Waals surface area contributed by atoms with Gasteiger partial charge in [0, 0.05) is 0 Å². The molecule has 0 aliphatic heterocycles. The van der Waals surface area contributed by atoms with E-state index >= 15 is 0 Å². The Hall–Kier alpha value is 2.58. The maximum Gasteiger partial charge on any atom is 3.00 e. The van der Waals surface area contributed by atoms with E-state index in [0.717, 1.165) is 0 Å². The first kappa shape index (κ1) is 323. The zero-order valence-electron chi connectivity index (χ0n) is 4.86. The summed E-state index contributed by atoms with van der Waals surface area (Å²) < 4.78 is 0. The van der Waals surface area contributed by atoms with Crippen LogP contribution in [0.15, 0.2) is 0 Å². The average Bonchev–Trinajstić information content (AvgIpc) is 0. The van der Waals surface area contributed by atoms with Gasteiger partial charge in [0.05, 0.1) is 0 Å². The van der Waals surface area contributed by atoms with Gasteiger partial charge in [-0.25, -0.2) is 0 Å². The first-order valence-electron chi connectivity index (χ1n) is 0. The fourth-order valence-corrected chi connectivity index (χ4v) is 0. The molecule has 4 radical (unpaired) electrons. The average molecular weight is 303 g/mol. The van der Waals surface area contributed by atoms with Crippen LogP contribution in [0.4, 0.5) is 0 Å². The first-order valence-corrected chi connectivity index (χ1v) is 0. The molecule has 0 aliphatic carbocycles. The monoisotopic (exact) mass is 304 g/mol. The van der Waals surface area contributed by atoms with Crippen molar-refractivity contribution in [2.45, 2.75) is 0 Å². The van der Waals surface area contributed by atoms with Crippen molar-refractivity contribution in [3.8, 4) is 0 Å². The zero-order valence-corrected chi connectivity index (χ0v) is 11.1. The molecule has 0 aliphatic rings. The summed E-state index contributed by atoms with van der Waals surface area (Å²) in [5, 5.41) is 0. The molecule has 0 amide bonds. The summed E-state index contributed by atoms with van der Waals surface area (Å²) in [4.78, 5) is 0. The SMILES string of the molecule is [O-2].[O-2].[O-2].[O-2].[O-2].[O-2].[O-2].[Ti+3].[Ti+3].[Ti+3].[Ti+3]. The molecule has 0 atom stereocenters. The molecule has 0 bridgehead atoms. The van der Waals surface area contributed by atoms with Crippen LogP contribution in [-0.2, 0) is 125 Å². The van der Waals surface area contributed by atoms with Crippen LogP contribution in [0.25, 0.3) is 0 Å². The van der Waals surface area contributed by atoms with Crippen LogP contribution in [-0.4, -0.2) is 0 Å². The second kappa shape index (κ2) is 254. The van der Waals surface area contributed by atoms with Crippen molar-refractivity contribution in [3.05, 3.63) is 0 Å². The van der Waals surface area contributed by atoms with E-state index in [2.05, 4.69) is 0 Å². The van der Waals surface area contributed by atoms with Gasteiger partial charge in [-0.05, 0) is 0 Å². The van der Waals surface area contributed by atoms with Crippen LogP contribution in [0, 0.1) is 0 Å². The van der Waals surface area contributed by atoms with Crippen molar-refractivity contribution < 1.29 is 125 Å². The molecule has 11 heavy (non-hydrogen) atoms. The molecular weight excluding hydrogens is 303 g/mol. The van der Waals surface area contributed by atoms with E-state index in [1.54, 1.807) is 0 Å². The maximum absolute atomic E-state index is 0. The third-order valence-electron chi connectivity index (χ3n) is 0. The molecule has 0 saturated heterocycles. The van der Waals surface area contributed by atoms with Crippen LogP contribution in [0.2, 0.25) is 0 Å². The summed E-state index contributed by atoms with van der Waals surface area (Å²) in [5.74, 6) is 0. The van der Waals surface area contributed by atoms with Crippen molar-refractivity contribution in [2.75, 3.05) is 0 Å². The van der Waals surface area contributed by atoms with Gasteiger partial charge < -0.3 is 38.3 Å². The van der Waals surface area contributed by atoms with Crippen LogP contribution in [0.1, 0.15) is 0 Å². The molecule has 0 rings (SSSR count). The van der Waals surface area contributed by atoms with E-state index < -0.39 is 0 Å². The number of rotatable bonds is 0. The Kier molecular flexibility index (Phi) is 7460. The largest absolute Gasteiger partial charge is 3.00 e. The molecule has 0 aromatic rings. The fraction of sp³-hybridized carbons (Fsp3) is 0. The normalized spacial score (nSPS) is 0. The third kappa shape index (κ3) is 212. The van der Waals surface area contributed by atoms with Gasteiger partial charge in [0.2, 0.25) is 0 Å². The van der Waals surface area contributed by atoms with E-state index in [1.165, 1.54) is 0 Å². The second-order valence-corrected chi connectivity index (χ2v) is 0. The summed E-state index contributed by atoms with van der Waals surface area (Å²) in [7, 11) is 0. The van der Waals surface area contributed by atoms with E-state index in [0.29, 0.717) is 0 Å². The van der Waals surface area contributed by atoms with E-state index in [9.17, 15) is 0 Å². The van der Waals surface area contributed by atoms with Gasteiger partial charge in [-0.1, -0.05) is 0 Å². The summed E-state index contributed by atoms with van der Waals surface area (Å²) in [6.45, 7) is 0. The van der Waals surface area contributed by atoms with Crippen LogP contribution in [0.5, 0.6) is 0 Å². The standard InChI is InChI=1S/7O.4Ti/q7*-2;4*+3. The number of hydrogen-bond donors (Lipinski definition) is 0. The molecule has 7 nitrogen and oxygen atoms in total. The Labute approximate surface area is 124 Å².